The summed E-state index contributed by atoms with van der Waals surface area (Å²) < 4.78 is 21.0. The fourth-order valence-corrected chi connectivity index (χ4v) is 1.71. The highest BCUT2D eigenvalue weighted by Gasteiger charge is 2.48. The Bertz CT molecular complexity index is 339. The molecule has 1 saturated heterocycles. The number of esters is 2. The van der Waals surface area contributed by atoms with E-state index in [-0.39, 0.29) is 12.2 Å². The lowest BCUT2D eigenvalue weighted by Gasteiger charge is -2.18. The summed E-state index contributed by atoms with van der Waals surface area (Å²) in [6.45, 7) is 14.4. The van der Waals surface area contributed by atoms with Crippen LogP contribution >= 0.6 is 0 Å². The lowest BCUT2D eigenvalue weighted by atomic mass is 9.85. The van der Waals surface area contributed by atoms with Gasteiger partial charge < -0.3 is 18.8 Å². The Morgan fingerprint density at radius 3 is 1.68 bits per heavy atom. The van der Waals surface area contributed by atoms with Crippen molar-refractivity contribution >= 4 is 19.1 Å². The highest BCUT2D eigenvalue weighted by atomic mass is 16.7. The van der Waals surface area contributed by atoms with Crippen molar-refractivity contribution < 1.29 is 28.4 Å². The molecule has 1 heterocycles. The molecular formula is C15H27BO6. The van der Waals surface area contributed by atoms with Crippen molar-refractivity contribution in [2.45, 2.75) is 72.3 Å². The largest absolute Gasteiger partial charge is 0.462 e. The summed E-state index contributed by atoms with van der Waals surface area (Å²) in [6, 6.07) is 0. The standard InChI is InChI=1S/C13H21BO6.C2H6/c1-6-7-14-19-10(12(15)17-8(2)3)11(20-14)13(16)18-9(4)5;1-2/h6,8-11H,1,7H2,2-5H3;1-2H3/t10-,11?;/m0./s1. The van der Waals surface area contributed by atoms with E-state index in [0.29, 0.717) is 6.32 Å². The van der Waals surface area contributed by atoms with E-state index in [9.17, 15) is 9.59 Å². The van der Waals surface area contributed by atoms with Crippen LogP contribution in [0.5, 0.6) is 0 Å². The van der Waals surface area contributed by atoms with E-state index >= 15 is 0 Å². The van der Waals surface area contributed by atoms with Crippen LogP contribution < -0.4 is 0 Å². The summed E-state index contributed by atoms with van der Waals surface area (Å²) in [5.41, 5.74) is 0. The Balaban J connectivity index is 0.00000211. The van der Waals surface area contributed by atoms with E-state index in [1.54, 1.807) is 33.8 Å². The third-order valence-corrected chi connectivity index (χ3v) is 2.40. The molecule has 0 aliphatic carbocycles. The molecule has 0 amide bonds. The zero-order valence-corrected chi connectivity index (χ0v) is 14.3. The molecule has 22 heavy (non-hydrogen) atoms. The Morgan fingerprint density at radius 1 is 1.05 bits per heavy atom. The number of rotatable bonds is 6. The van der Waals surface area contributed by atoms with Gasteiger partial charge in [-0.2, -0.15) is 0 Å². The summed E-state index contributed by atoms with van der Waals surface area (Å²) in [6.07, 6.45) is -0.845. The average molecular weight is 314 g/mol. The summed E-state index contributed by atoms with van der Waals surface area (Å²) in [7, 11) is -0.693. The van der Waals surface area contributed by atoms with Crippen LogP contribution in [0.1, 0.15) is 41.5 Å². The average Bonchev–Trinajstić information content (AvgIpc) is 2.84. The van der Waals surface area contributed by atoms with Gasteiger partial charge in [-0.05, 0) is 27.7 Å². The fraction of sp³-hybridized carbons (Fsp3) is 0.733. The second kappa shape index (κ2) is 10.4. The zero-order chi connectivity index (χ0) is 17.3. The predicted molar refractivity (Wildman–Crippen MR) is 84.3 cm³/mol. The molecule has 0 radical (unpaired) electrons. The van der Waals surface area contributed by atoms with Crippen LogP contribution in [-0.2, 0) is 28.4 Å². The van der Waals surface area contributed by atoms with Crippen LogP contribution in [0.2, 0.25) is 6.32 Å². The quantitative estimate of drug-likeness (QED) is 0.426. The molecule has 7 heteroatoms. The first kappa shape index (κ1) is 20.7. The van der Waals surface area contributed by atoms with Gasteiger partial charge in [0.2, 0.25) is 0 Å². The van der Waals surface area contributed by atoms with Crippen molar-refractivity contribution in [3.05, 3.63) is 12.7 Å². The predicted octanol–water partition coefficient (Wildman–Crippen LogP) is 2.37. The maximum absolute atomic E-state index is 11.9. The van der Waals surface area contributed by atoms with Gasteiger partial charge >= 0.3 is 19.1 Å². The van der Waals surface area contributed by atoms with Crippen molar-refractivity contribution in [1.82, 2.24) is 0 Å². The topological polar surface area (TPSA) is 71.1 Å². The van der Waals surface area contributed by atoms with Gasteiger partial charge in [0.1, 0.15) is 0 Å². The Morgan fingerprint density at radius 2 is 1.41 bits per heavy atom. The minimum absolute atomic E-state index is 0.300. The van der Waals surface area contributed by atoms with Crippen molar-refractivity contribution in [1.29, 1.82) is 0 Å². The first-order valence-electron chi connectivity index (χ1n) is 7.68. The van der Waals surface area contributed by atoms with Gasteiger partial charge in [-0.3, -0.25) is 0 Å². The minimum Gasteiger partial charge on any atom is -0.461 e. The van der Waals surface area contributed by atoms with Crippen LogP contribution in [0.4, 0.5) is 0 Å². The van der Waals surface area contributed by atoms with Gasteiger partial charge in [-0.15, -0.1) is 6.58 Å². The summed E-state index contributed by atoms with van der Waals surface area (Å²) in [5, 5.41) is 0. The summed E-state index contributed by atoms with van der Waals surface area (Å²) in [5.74, 6) is -1.26. The molecule has 6 nitrogen and oxygen atoms in total. The van der Waals surface area contributed by atoms with Crippen LogP contribution in [0.25, 0.3) is 0 Å². The van der Waals surface area contributed by atoms with Gasteiger partial charge in [0.15, 0.2) is 12.2 Å². The molecule has 0 bridgehead atoms. The van der Waals surface area contributed by atoms with Crippen molar-refractivity contribution in [3.63, 3.8) is 0 Å². The molecule has 0 N–H and O–H groups in total. The maximum Gasteiger partial charge on any atom is 0.462 e. The molecule has 0 spiro atoms. The number of carbonyl (C=O) groups is 2. The first-order chi connectivity index (χ1) is 10.3. The smallest absolute Gasteiger partial charge is 0.461 e. The van der Waals surface area contributed by atoms with Crippen LogP contribution in [0.15, 0.2) is 12.7 Å². The van der Waals surface area contributed by atoms with Gasteiger partial charge in [0.05, 0.1) is 12.2 Å². The Kier molecular flexibility index (Phi) is 9.77. The van der Waals surface area contributed by atoms with E-state index in [1.807, 2.05) is 13.8 Å². The summed E-state index contributed by atoms with van der Waals surface area (Å²) in [4.78, 5) is 23.9. The molecule has 1 aliphatic rings. The third kappa shape index (κ3) is 6.62. The molecule has 1 rings (SSSR count). The molecule has 0 saturated carbocycles. The van der Waals surface area contributed by atoms with Crippen molar-refractivity contribution in [2.75, 3.05) is 0 Å². The number of ether oxygens (including phenoxy) is 2. The van der Waals surface area contributed by atoms with Gasteiger partial charge in [0.25, 0.3) is 0 Å². The molecule has 126 valence electrons. The van der Waals surface area contributed by atoms with E-state index < -0.39 is 31.3 Å². The number of hydrogen-bond donors (Lipinski definition) is 0. The molecule has 2 atom stereocenters. The van der Waals surface area contributed by atoms with Crippen molar-refractivity contribution in [2.24, 2.45) is 0 Å². The van der Waals surface area contributed by atoms with E-state index in [0.717, 1.165) is 0 Å². The number of allylic oxidation sites excluding steroid dienone is 1. The molecule has 0 aromatic carbocycles. The third-order valence-electron chi connectivity index (χ3n) is 2.40. The molecule has 1 unspecified atom stereocenters. The second-order valence-electron chi connectivity index (χ2n) is 5.04. The zero-order valence-electron chi connectivity index (χ0n) is 14.3. The van der Waals surface area contributed by atoms with E-state index in [2.05, 4.69) is 6.58 Å². The van der Waals surface area contributed by atoms with Crippen LogP contribution in [-0.4, -0.2) is 43.5 Å². The maximum atomic E-state index is 11.9. The van der Waals surface area contributed by atoms with Crippen LogP contribution in [0, 0.1) is 0 Å². The Hall–Kier alpha value is -1.34. The van der Waals surface area contributed by atoms with E-state index in [1.165, 1.54) is 0 Å². The molecule has 0 aromatic rings. The lowest BCUT2D eigenvalue weighted by Crippen LogP contribution is -2.40. The fourth-order valence-electron chi connectivity index (χ4n) is 1.71. The summed E-state index contributed by atoms with van der Waals surface area (Å²) >= 11 is 0. The van der Waals surface area contributed by atoms with Crippen molar-refractivity contribution in [3.8, 4) is 0 Å². The molecule has 1 aliphatic heterocycles. The highest BCUT2D eigenvalue weighted by molar-refractivity contribution is 6.46. The van der Waals surface area contributed by atoms with Crippen LogP contribution in [0.3, 0.4) is 0 Å². The Labute approximate surface area is 133 Å². The lowest BCUT2D eigenvalue weighted by molar-refractivity contribution is -0.167. The second-order valence-corrected chi connectivity index (χ2v) is 5.04. The number of carbonyl (C=O) groups excluding carboxylic acids is 2. The van der Waals surface area contributed by atoms with Gasteiger partial charge in [-0.1, -0.05) is 19.9 Å². The molecule has 0 aromatic heterocycles. The monoisotopic (exact) mass is 314 g/mol. The van der Waals surface area contributed by atoms with E-state index in [4.69, 9.17) is 18.8 Å². The SMILES string of the molecule is C=CCB1OC(C(=O)OC(C)C)[C@@H](C(=O)OC(C)C)O1.CC. The number of hydrogen-bond acceptors (Lipinski definition) is 6. The normalized spacial score (nSPS) is 20.5. The highest BCUT2D eigenvalue weighted by Crippen LogP contribution is 2.22. The van der Waals surface area contributed by atoms with Gasteiger partial charge in [-0.25, -0.2) is 9.59 Å². The van der Waals surface area contributed by atoms with Gasteiger partial charge in [0, 0.05) is 6.32 Å². The molecular weight excluding hydrogens is 287 g/mol. The first-order valence-corrected chi connectivity index (χ1v) is 7.68. The molecule has 1 fully saturated rings. The minimum atomic E-state index is -1.10.